The predicted molar refractivity (Wildman–Crippen MR) is 4.73 cm³/mol. The molecule has 4 heteroatoms. The first-order chi connectivity index (χ1) is 0. The second-order valence-corrected chi connectivity index (χ2v) is 0. The van der Waals surface area contributed by atoms with Gasteiger partial charge in [0.15, 0.2) is 0 Å². The molecule has 0 aromatic rings. The minimum absolute atomic E-state index is 0. The molecule has 0 unspecified atom stereocenters. The molecule has 0 aliphatic carbocycles. The first-order valence-corrected chi connectivity index (χ1v) is 0. The van der Waals surface area contributed by atoms with E-state index in [1.807, 2.05) is 0 Å². The van der Waals surface area contributed by atoms with Crippen molar-refractivity contribution in [3.8, 4) is 0 Å². The average molecular weight is 172 g/mol. The van der Waals surface area contributed by atoms with E-state index in [9.17, 15) is 0 Å². The zero-order valence-electron chi connectivity index (χ0n) is 3.19. The monoisotopic (exact) mass is 171 g/mol. The smallest absolute Gasteiger partial charge is 1.00 e. The van der Waals surface area contributed by atoms with E-state index < -0.39 is 0 Å². The summed E-state index contributed by atoms with van der Waals surface area (Å²) in [6.07, 6.45) is 0. The molecule has 27 valence electrons. The summed E-state index contributed by atoms with van der Waals surface area (Å²) in [6, 6.07) is 0. The van der Waals surface area contributed by atoms with E-state index in [4.69, 9.17) is 0 Å². The molecule has 0 atom stereocenters. The molecular weight excluding hydrogens is 169 g/mol. The van der Waals surface area contributed by atoms with Gasteiger partial charge in [-0.05, 0) is 0 Å². The third-order valence-corrected chi connectivity index (χ3v) is 0. The minimum Gasteiger partial charge on any atom is -1.00 e. The van der Waals surface area contributed by atoms with Gasteiger partial charge in [-0.1, -0.05) is 0 Å². The quantitative estimate of drug-likeness (QED) is 0.336. The fraction of sp³-hybridized carbons (Fsp3) is 0. The van der Waals surface area contributed by atoms with E-state index in [-0.39, 0.29) is 91.8 Å². The second kappa shape index (κ2) is 17.5. The summed E-state index contributed by atoms with van der Waals surface area (Å²) >= 11 is 0. The maximum Gasteiger partial charge on any atom is 1.00 e. The molecule has 0 aliphatic rings. The molecule has 0 saturated heterocycles. The van der Waals surface area contributed by atoms with Crippen molar-refractivity contribution in [2.45, 2.75) is 0 Å². The van der Waals surface area contributed by atoms with Crippen molar-refractivity contribution in [3.05, 3.63) is 0 Å². The van der Waals surface area contributed by atoms with Gasteiger partial charge in [0, 0.05) is 33.6 Å². The standard InChI is InChI=1S/K.Mn.Ni.H2O.H/h;;;1H2;/q+1;;;;-1. The van der Waals surface area contributed by atoms with E-state index in [1.54, 1.807) is 0 Å². The SMILES string of the molecule is O.[H-].[K+].[Mn].[Ni]. The third-order valence-electron chi connectivity index (χ3n) is 0. The summed E-state index contributed by atoms with van der Waals surface area (Å²) in [6.45, 7) is 0. The third kappa shape index (κ3) is 8.82. The summed E-state index contributed by atoms with van der Waals surface area (Å²) in [7, 11) is 0. The Balaban J connectivity index is 0. The van der Waals surface area contributed by atoms with E-state index in [1.165, 1.54) is 0 Å². The Morgan fingerprint density at radius 1 is 1.25 bits per heavy atom. The van der Waals surface area contributed by atoms with Gasteiger partial charge < -0.3 is 6.90 Å². The molecule has 0 aromatic carbocycles. The van der Waals surface area contributed by atoms with Crippen LogP contribution in [-0.2, 0) is 33.6 Å². The molecule has 0 amide bonds. The maximum absolute atomic E-state index is 0. The summed E-state index contributed by atoms with van der Waals surface area (Å²) in [5.41, 5.74) is 0. The molecule has 0 fully saturated rings. The van der Waals surface area contributed by atoms with Gasteiger partial charge in [-0.3, -0.25) is 0 Å². The Morgan fingerprint density at radius 3 is 1.25 bits per heavy atom. The van der Waals surface area contributed by atoms with Crippen molar-refractivity contribution in [2.24, 2.45) is 0 Å². The molecule has 0 aromatic heterocycles. The van der Waals surface area contributed by atoms with Crippen molar-refractivity contribution in [1.82, 2.24) is 0 Å². The second-order valence-electron chi connectivity index (χ2n) is 0. The van der Waals surface area contributed by atoms with Crippen molar-refractivity contribution in [2.75, 3.05) is 0 Å². The zero-order chi connectivity index (χ0) is 0. The van der Waals surface area contributed by atoms with E-state index in [0.29, 0.717) is 0 Å². The van der Waals surface area contributed by atoms with Crippen LogP contribution in [0.15, 0.2) is 0 Å². The Labute approximate surface area is 89.9 Å². The molecule has 0 rings (SSSR count). The molecular formula is H3KMnNiO. The van der Waals surface area contributed by atoms with Crippen LogP contribution in [0.25, 0.3) is 0 Å². The molecule has 0 saturated carbocycles. The van der Waals surface area contributed by atoms with Crippen molar-refractivity contribution >= 4 is 0 Å². The van der Waals surface area contributed by atoms with Gasteiger partial charge in [-0.2, -0.15) is 0 Å². The molecule has 0 heterocycles. The number of hydrogen-bond donors (Lipinski definition) is 0. The molecule has 0 aliphatic heterocycles. The largest absolute Gasteiger partial charge is 1.00 e. The van der Waals surface area contributed by atoms with Crippen molar-refractivity contribution in [1.29, 1.82) is 0 Å². The fourth-order valence-corrected chi connectivity index (χ4v) is 0. The van der Waals surface area contributed by atoms with Gasteiger partial charge in [0.05, 0.1) is 0 Å². The average Bonchev–Trinajstić information content (AvgIpc) is 0. The molecule has 0 bridgehead atoms. The van der Waals surface area contributed by atoms with Crippen molar-refractivity contribution in [3.63, 3.8) is 0 Å². The van der Waals surface area contributed by atoms with Crippen molar-refractivity contribution < 1.29 is 91.8 Å². The summed E-state index contributed by atoms with van der Waals surface area (Å²) in [5.74, 6) is 0. The van der Waals surface area contributed by atoms with Gasteiger partial charge in [-0.15, -0.1) is 0 Å². The molecule has 1 radical (unpaired) electrons. The van der Waals surface area contributed by atoms with Crippen LogP contribution >= 0.6 is 0 Å². The first-order valence-electron chi connectivity index (χ1n) is 0. The van der Waals surface area contributed by atoms with Crippen LogP contribution in [0, 0.1) is 0 Å². The number of hydrogen-bond acceptors (Lipinski definition) is 0. The number of rotatable bonds is 0. The minimum atomic E-state index is 0. The molecule has 2 N–H and O–H groups in total. The van der Waals surface area contributed by atoms with Gasteiger partial charge in [0.1, 0.15) is 0 Å². The van der Waals surface area contributed by atoms with Crippen LogP contribution in [0.1, 0.15) is 1.43 Å². The van der Waals surface area contributed by atoms with Gasteiger partial charge in [0.2, 0.25) is 0 Å². The van der Waals surface area contributed by atoms with Crippen LogP contribution < -0.4 is 51.4 Å². The van der Waals surface area contributed by atoms with E-state index in [2.05, 4.69) is 0 Å². The molecule has 4 heavy (non-hydrogen) atoms. The van der Waals surface area contributed by atoms with Gasteiger partial charge in [-0.25, -0.2) is 0 Å². The first kappa shape index (κ1) is 30.5. The zero-order valence-corrected chi connectivity index (χ0v) is 7.49. The Bertz CT molecular complexity index is 11.6. The van der Waals surface area contributed by atoms with Gasteiger partial charge >= 0.3 is 51.4 Å². The van der Waals surface area contributed by atoms with E-state index >= 15 is 0 Å². The Hall–Kier alpha value is 2.61. The summed E-state index contributed by atoms with van der Waals surface area (Å²) in [4.78, 5) is 0. The van der Waals surface area contributed by atoms with Crippen LogP contribution in [0.3, 0.4) is 0 Å². The summed E-state index contributed by atoms with van der Waals surface area (Å²) in [5, 5.41) is 0. The molecule has 0 spiro atoms. The fourth-order valence-electron chi connectivity index (χ4n) is 0. The van der Waals surface area contributed by atoms with Crippen LogP contribution in [-0.4, -0.2) is 5.48 Å². The van der Waals surface area contributed by atoms with Crippen LogP contribution in [0.4, 0.5) is 0 Å². The predicted octanol–water partition coefficient (Wildman–Crippen LogP) is -3.71. The van der Waals surface area contributed by atoms with Gasteiger partial charge in [0.25, 0.3) is 0 Å². The Morgan fingerprint density at radius 2 is 1.25 bits per heavy atom. The topological polar surface area (TPSA) is 31.5 Å². The maximum atomic E-state index is 0. The normalized spacial score (nSPS) is 0. The van der Waals surface area contributed by atoms with E-state index in [0.717, 1.165) is 0 Å². The van der Waals surface area contributed by atoms with Crippen LogP contribution in [0.5, 0.6) is 0 Å². The molecule has 1 nitrogen and oxygen atoms in total. The summed E-state index contributed by atoms with van der Waals surface area (Å²) < 4.78 is 0. The Kier molecular flexibility index (Phi) is 134. The van der Waals surface area contributed by atoms with Crippen LogP contribution in [0.2, 0.25) is 0 Å².